The van der Waals surface area contributed by atoms with E-state index < -0.39 is 0 Å². The number of nitrogens with zero attached hydrogens (tertiary/aromatic N) is 1. The molecular weight excluding hydrogens is 326 g/mol. The lowest BCUT2D eigenvalue weighted by molar-refractivity contribution is -0.126. The van der Waals surface area contributed by atoms with Gasteiger partial charge in [0.2, 0.25) is 0 Å². The SMILES string of the molecule is CN1C(=O)C(Cc2c[nH]c3c(Br)cccc23)NC1=S. The summed E-state index contributed by atoms with van der Waals surface area (Å²) in [6, 6.07) is 5.76. The van der Waals surface area contributed by atoms with Crippen molar-refractivity contribution in [2.24, 2.45) is 0 Å². The molecule has 1 aromatic heterocycles. The largest absolute Gasteiger partial charge is 0.360 e. The van der Waals surface area contributed by atoms with Gasteiger partial charge in [0.25, 0.3) is 5.91 Å². The summed E-state index contributed by atoms with van der Waals surface area (Å²) in [5.41, 5.74) is 2.17. The first-order chi connectivity index (χ1) is 9.08. The molecule has 1 unspecified atom stereocenters. The molecule has 3 rings (SSSR count). The summed E-state index contributed by atoms with van der Waals surface area (Å²) >= 11 is 8.60. The van der Waals surface area contributed by atoms with E-state index in [1.807, 2.05) is 24.4 Å². The molecule has 98 valence electrons. The number of carbonyl (C=O) groups is 1. The standard InChI is InChI=1S/C13H12BrN3OS/c1-17-12(18)10(16-13(17)19)5-7-6-15-11-8(7)3-2-4-9(11)14/h2-4,6,10,15H,5H2,1H3,(H,16,19). The molecule has 1 atom stereocenters. The highest BCUT2D eigenvalue weighted by atomic mass is 79.9. The van der Waals surface area contributed by atoms with Crippen molar-refractivity contribution in [3.8, 4) is 0 Å². The van der Waals surface area contributed by atoms with Gasteiger partial charge in [-0.3, -0.25) is 9.69 Å². The smallest absolute Gasteiger partial charge is 0.251 e. The first-order valence-corrected chi connectivity index (χ1v) is 7.10. The van der Waals surface area contributed by atoms with Crippen molar-refractivity contribution < 1.29 is 4.79 Å². The molecule has 0 spiro atoms. The summed E-state index contributed by atoms with van der Waals surface area (Å²) < 4.78 is 1.02. The summed E-state index contributed by atoms with van der Waals surface area (Å²) in [4.78, 5) is 16.7. The highest BCUT2D eigenvalue weighted by molar-refractivity contribution is 9.10. The number of carbonyl (C=O) groups excluding carboxylic acids is 1. The highest BCUT2D eigenvalue weighted by Crippen LogP contribution is 2.26. The minimum absolute atomic E-state index is 0.0225. The number of benzene rings is 1. The van der Waals surface area contributed by atoms with Gasteiger partial charge in [-0.1, -0.05) is 12.1 Å². The van der Waals surface area contributed by atoms with Gasteiger partial charge >= 0.3 is 0 Å². The van der Waals surface area contributed by atoms with Gasteiger partial charge in [0.1, 0.15) is 6.04 Å². The number of hydrogen-bond acceptors (Lipinski definition) is 2. The van der Waals surface area contributed by atoms with Gasteiger partial charge in [0, 0.05) is 29.5 Å². The van der Waals surface area contributed by atoms with Gasteiger partial charge in [-0.25, -0.2) is 0 Å². The summed E-state index contributed by atoms with van der Waals surface area (Å²) in [6.07, 6.45) is 2.57. The number of halogens is 1. The van der Waals surface area contributed by atoms with Crippen molar-refractivity contribution in [3.63, 3.8) is 0 Å². The predicted molar refractivity (Wildman–Crippen MR) is 82.0 cm³/mol. The zero-order chi connectivity index (χ0) is 13.6. The van der Waals surface area contributed by atoms with Crippen molar-refractivity contribution >= 4 is 50.1 Å². The molecule has 0 radical (unpaired) electrons. The van der Waals surface area contributed by atoms with Crippen LogP contribution in [-0.4, -0.2) is 34.0 Å². The van der Waals surface area contributed by atoms with E-state index in [1.54, 1.807) is 7.05 Å². The van der Waals surface area contributed by atoms with Gasteiger partial charge in [-0.05, 0) is 39.8 Å². The molecule has 2 N–H and O–H groups in total. The fourth-order valence-electron chi connectivity index (χ4n) is 2.34. The Labute approximate surface area is 124 Å². The molecule has 6 heteroatoms. The Morgan fingerprint density at radius 3 is 2.95 bits per heavy atom. The minimum Gasteiger partial charge on any atom is -0.360 e. The van der Waals surface area contributed by atoms with Crippen LogP contribution in [0.3, 0.4) is 0 Å². The highest BCUT2D eigenvalue weighted by Gasteiger charge is 2.33. The second kappa shape index (κ2) is 4.61. The zero-order valence-electron chi connectivity index (χ0n) is 10.2. The van der Waals surface area contributed by atoms with Crippen LogP contribution >= 0.6 is 28.1 Å². The number of H-pyrrole nitrogens is 1. The normalized spacial score (nSPS) is 19.3. The molecule has 19 heavy (non-hydrogen) atoms. The van der Waals surface area contributed by atoms with E-state index in [-0.39, 0.29) is 11.9 Å². The molecule has 1 fully saturated rings. The van der Waals surface area contributed by atoms with Crippen LogP contribution in [0.5, 0.6) is 0 Å². The molecule has 1 aliphatic rings. The number of hydrogen-bond donors (Lipinski definition) is 2. The molecular formula is C13H12BrN3OS. The average Bonchev–Trinajstić information content (AvgIpc) is 2.90. The van der Waals surface area contributed by atoms with Gasteiger partial charge < -0.3 is 10.3 Å². The number of fused-ring (bicyclic) bond motifs is 1. The van der Waals surface area contributed by atoms with E-state index in [4.69, 9.17) is 12.2 Å². The Morgan fingerprint density at radius 1 is 1.47 bits per heavy atom. The first kappa shape index (κ1) is 12.6. The number of para-hydroxylation sites is 1. The molecule has 2 aromatic rings. The molecule has 0 bridgehead atoms. The van der Waals surface area contributed by atoms with Crippen LogP contribution in [0.2, 0.25) is 0 Å². The lowest BCUT2D eigenvalue weighted by Gasteiger charge is -2.07. The molecule has 0 aliphatic carbocycles. The molecule has 1 aromatic carbocycles. The minimum atomic E-state index is -0.268. The lowest BCUT2D eigenvalue weighted by Crippen LogP contribution is -2.31. The van der Waals surface area contributed by atoms with Crippen LogP contribution in [0.25, 0.3) is 10.9 Å². The molecule has 0 saturated carbocycles. The second-order valence-corrected chi connectivity index (χ2v) is 5.82. The third kappa shape index (κ3) is 2.04. The third-order valence-electron chi connectivity index (χ3n) is 3.41. The number of thiocarbonyl (C=S) groups is 1. The second-order valence-electron chi connectivity index (χ2n) is 4.58. The third-order valence-corrected chi connectivity index (χ3v) is 4.46. The lowest BCUT2D eigenvalue weighted by atomic mass is 10.1. The predicted octanol–water partition coefficient (Wildman–Crippen LogP) is 2.19. The molecule has 4 nitrogen and oxygen atoms in total. The summed E-state index contributed by atoms with van der Waals surface area (Å²) in [5.74, 6) is 0.0225. The monoisotopic (exact) mass is 337 g/mol. The number of nitrogens with one attached hydrogen (secondary N) is 2. The number of aromatic nitrogens is 1. The Balaban J connectivity index is 1.93. The van der Waals surface area contributed by atoms with Crippen molar-refractivity contribution in [1.29, 1.82) is 0 Å². The Bertz CT molecular complexity index is 682. The van der Waals surface area contributed by atoms with Crippen LogP contribution in [0.4, 0.5) is 0 Å². The molecule has 1 saturated heterocycles. The number of amides is 1. The van der Waals surface area contributed by atoms with E-state index in [0.29, 0.717) is 11.5 Å². The maximum atomic E-state index is 12.0. The zero-order valence-corrected chi connectivity index (χ0v) is 12.6. The average molecular weight is 338 g/mol. The number of aromatic amines is 1. The van der Waals surface area contributed by atoms with Crippen molar-refractivity contribution in [2.75, 3.05) is 7.05 Å². The van der Waals surface area contributed by atoms with E-state index in [0.717, 1.165) is 20.9 Å². The summed E-state index contributed by atoms with van der Waals surface area (Å²) in [6.45, 7) is 0. The van der Waals surface area contributed by atoms with E-state index in [9.17, 15) is 4.79 Å². The van der Waals surface area contributed by atoms with Gasteiger partial charge in [0.15, 0.2) is 5.11 Å². The quantitative estimate of drug-likeness (QED) is 0.826. The number of rotatable bonds is 2. The maximum Gasteiger partial charge on any atom is 0.251 e. The molecule has 2 heterocycles. The fourth-order valence-corrected chi connectivity index (χ4v) is 3.06. The number of likely N-dealkylation sites (N-methyl/N-ethyl adjacent to an activating group) is 1. The van der Waals surface area contributed by atoms with E-state index >= 15 is 0 Å². The Kier molecular flexibility index (Phi) is 3.06. The Hall–Kier alpha value is -1.40. The van der Waals surface area contributed by atoms with Crippen LogP contribution < -0.4 is 5.32 Å². The van der Waals surface area contributed by atoms with Crippen molar-refractivity contribution in [2.45, 2.75) is 12.5 Å². The van der Waals surface area contributed by atoms with Crippen LogP contribution in [0, 0.1) is 0 Å². The first-order valence-electron chi connectivity index (χ1n) is 5.90. The van der Waals surface area contributed by atoms with Crippen LogP contribution in [0.15, 0.2) is 28.9 Å². The van der Waals surface area contributed by atoms with Crippen molar-refractivity contribution in [3.05, 3.63) is 34.4 Å². The summed E-state index contributed by atoms with van der Waals surface area (Å²) in [7, 11) is 1.70. The fraction of sp³-hybridized carbons (Fsp3) is 0.231. The maximum absolute atomic E-state index is 12.0. The van der Waals surface area contributed by atoms with Crippen LogP contribution in [-0.2, 0) is 11.2 Å². The van der Waals surface area contributed by atoms with Gasteiger partial charge in [-0.2, -0.15) is 0 Å². The molecule has 1 amide bonds. The summed E-state index contributed by atoms with van der Waals surface area (Å²) in [5, 5.41) is 4.68. The van der Waals surface area contributed by atoms with Crippen LogP contribution in [0.1, 0.15) is 5.56 Å². The van der Waals surface area contributed by atoms with Crippen molar-refractivity contribution in [1.82, 2.24) is 15.2 Å². The molecule has 1 aliphatic heterocycles. The topological polar surface area (TPSA) is 48.1 Å². The van der Waals surface area contributed by atoms with E-state index in [1.165, 1.54) is 4.90 Å². The van der Waals surface area contributed by atoms with Gasteiger partial charge in [0.05, 0.1) is 5.52 Å². The van der Waals surface area contributed by atoms with Gasteiger partial charge in [-0.15, -0.1) is 0 Å². The Morgan fingerprint density at radius 2 is 2.26 bits per heavy atom. The van der Waals surface area contributed by atoms with E-state index in [2.05, 4.69) is 26.2 Å².